The number of thiophene rings is 1. The first kappa shape index (κ1) is 17.5. The lowest BCUT2D eigenvalue weighted by molar-refractivity contribution is -0.130. The maximum absolute atomic E-state index is 13.1. The van der Waals surface area contributed by atoms with E-state index in [0.29, 0.717) is 36.7 Å². The van der Waals surface area contributed by atoms with Gasteiger partial charge in [0.05, 0.1) is 12.1 Å². The lowest BCUT2D eigenvalue weighted by atomic mass is 10.1. The van der Waals surface area contributed by atoms with E-state index in [4.69, 9.17) is 0 Å². The third kappa shape index (κ3) is 3.69. The third-order valence-electron chi connectivity index (χ3n) is 4.17. The summed E-state index contributed by atoms with van der Waals surface area (Å²) in [6.07, 6.45) is 3.03. The normalized spacial score (nSPS) is 16.7. The molecule has 0 radical (unpaired) electrons. The van der Waals surface area contributed by atoms with E-state index in [1.807, 2.05) is 0 Å². The van der Waals surface area contributed by atoms with Gasteiger partial charge in [0.1, 0.15) is 4.21 Å². The zero-order valence-electron chi connectivity index (χ0n) is 13.3. The predicted molar refractivity (Wildman–Crippen MR) is 94.4 cm³/mol. The number of hydrogen-bond acceptors (Lipinski definition) is 6. The SMILES string of the molecule is CC(=O)N1CCC(N(Cc2cncs2)S(=O)(=O)c2cccs2)CC1. The quantitative estimate of drug-likeness (QED) is 0.792. The van der Waals surface area contributed by atoms with Crippen molar-refractivity contribution in [2.45, 2.75) is 36.6 Å². The van der Waals surface area contributed by atoms with Crippen LogP contribution in [0, 0.1) is 0 Å². The van der Waals surface area contributed by atoms with Gasteiger partial charge in [-0.05, 0) is 24.3 Å². The molecule has 0 unspecified atom stereocenters. The van der Waals surface area contributed by atoms with Crippen molar-refractivity contribution in [3.8, 4) is 0 Å². The smallest absolute Gasteiger partial charge is 0.253 e. The maximum Gasteiger partial charge on any atom is 0.253 e. The van der Waals surface area contributed by atoms with Crippen molar-refractivity contribution in [2.24, 2.45) is 0 Å². The molecular formula is C15H19N3O3S3. The van der Waals surface area contributed by atoms with E-state index >= 15 is 0 Å². The van der Waals surface area contributed by atoms with Crippen LogP contribution in [0.25, 0.3) is 0 Å². The second-order valence-electron chi connectivity index (χ2n) is 5.69. The van der Waals surface area contributed by atoms with E-state index in [1.54, 1.807) is 45.3 Å². The number of carbonyl (C=O) groups is 1. The van der Waals surface area contributed by atoms with Gasteiger partial charge in [-0.2, -0.15) is 4.31 Å². The number of aromatic nitrogens is 1. The monoisotopic (exact) mass is 385 g/mol. The first-order valence-electron chi connectivity index (χ1n) is 7.66. The molecule has 130 valence electrons. The molecule has 1 fully saturated rings. The molecule has 9 heteroatoms. The topological polar surface area (TPSA) is 70.6 Å². The molecule has 0 spiro atoms. The van der Waals surface area contributed by atoms with Gasteiger partial charge in [0, 0.05) is 37.1 Å². The molecule has 1 aliphatic heterocycles. The summed E-state index contributed by atoms with van der Waals surface area (Å²) < 4.78 is 28.1. The Morgan fingerprint density at radius 2 is 2.12 bits per heavy atom. The van der Waals surface area contributed by atoms with Crippen LogP contribution in [0.5, 0.6) is 0 Å². The number of carbonyl (C=O) groups excluding carboxylic acids is 1. The van der Waals surface area contributed by atoms with E-state index in [9.17, 15) is 13.2 Å². The fourth-order valence-corrected chi connectivity index (χ4v) is 6.34. The fraction of sp³-hybridized carbons (Fsp3) is 0.467. The van der Waals surface area contributed by atoms with Crippen LogP contribution in [0.3, 0.4) is 0 Å². The molecular weight excluding hydrogens is 366 g/mol. The molecule has 0 bridgehead atoms. The summed E-state index contributed by atoms with van der Waals surface area (Å²) in [6.45, 7) is 3.08. The van der Waals surface area contributed by atoms with Gasteiger partial charge >= 0.3 is 0 Å². The third-order valence-corrected chi connectivity index (χ3v) is 8.21. The van der Waals surface area contributed by atoms with Gasteiger partial charge in [0.25, 0.3) is 10.0 Å². The van der Waals surface area contributed by atoms with Crippen molar-refractivity contribution >= 4 is 38.6 Å². The summed E-state index contributed by atoms with van der Waals surface area (Å²) in [7, 11) is -3.54. The highest BCUT2D eigenvalue weighted by Crippen LogP contribution is 2.29. The molecule has 1 saturated heterocycles. The summed E-state index contributed by atoms with van der Waals surface area (Å²) in [5.41, 5.74) is 1.71. The molecule has 3 rings (SSSR count). The van der Waals surface area contributed by atoms with Crippen LogP contribution < -0.4 is 0 Å². The van der Waals surface area contributed by atoms with Crippen LogP contribution in [-0.2, 0) is 21.4 Å². The first-order valence-corrected chi connectivity index (χ1v) is 10.9. The minimum Gasteiger partial charge on any atom is -0.343 e. The van der Waals surface area contributed by atoms with E-state index in [2.05, 4.69) is 4.98 Å². The molecule has 0 saturated carbocycles. The number of sulfonamides is 1. The first-order chi connectivity index (χ1) is 11.5. The summed E-state index contributed by atoms with van der Waals surface area (Å²) in [6, 6.07) is 3.29. The number of thiazole rings is 1. The second-order valence-corrected chi connectivity index (χ2v) is 9.72. The minimum absolute atomic E-state index is 0.0450. The largest absolute Gasteiger partial charge is 0.343 e. The van der Waals surface area contributed by atoms with E-state index in [1.165, 1.54) is 22.7 Å². The Bertz CT molecular complexity index is 764. The van der Waals surface area contributed by atoms with Crippen LogP contribution in [0.4, 0.5) is 0 Å². The molecule has 0 aromatic carbocycles. The van der Waals surface area contributed by atoms with Crippen molar-refractivity contribution in [1.82, 2.24) is 14.2 Å². The van der Waals surface area contributed by atoms with Crippen LogP contribution in [0.1, 0.15) is 24.6 Å². The number of amides is 1. The zero-order chi connectivity index (χ0) is 17.2. The van der Waals surface area contributed by atoms with E-state index < -0.39 is 10.0 Å². The van der Waals surface area contributed by atoms with Crippen molar-refractivity contribution in [3.05, 3.63) is 34.1 Å². The Kier molecular flexibility index (Phi) is 5.33. The number of likely N-dealkylation sites (tertiary alicyclic amines) is 1. The number of hydrogen-bond donors (Lipinski definition) is 0. The van der Waals surface area contributed by atoms with Crippen molar-refractivity contribution in [3.63, 3.8) is 0 Å². The lowest BCUT2D eigenvalue weighted by Gasteiger charge is -2.37. The van der Waals surface area contributed by atoms with E-state index in [0.717, 1.165) is 4.88 Å². The van der Waals surface area contributed by atoms with Gasteiger partial charge in [-0.15, -0.1) is 22.7 Å². The lowest BCUT2D eigenvalue weighted by Crippen LogP contribution is -2.47. The molecule has 0 atom stereocenters. The molecule has 1 aliphatic rings. The average molecular weight is 386 g/mol. The molecule has 3 heterocycles. The summed E-state index contributed by atoms with van der Waals surface area (Å²) in [4.78, 5) is 18.2. The Morgan fingerprint density at radius 3 is 2.67 bits per heavy atom. The molecule has 2 aromatic rings. The van der Waals surface area contributed by atoms with E-state index in [-0.39, 0.29) is 11.9 Å². The van der Waals surface area contributed by atoms with Gasteiger partial charge in [0.2, 0.25) is 5.91 Å². The van der Waals surface area contributed by atoms with Crippen LogP contribution >= 0.6 is 22.7 Å². The predicted octanol–water partition coefficient (Wildman–Crippen LogP) is 2.41. The molecule has 0 N–H and O–H groups in total. The summed E-state index contributed by atoms with van der Waals surface area (Å²) >= 11 is 2.69. The Balaban J connectivity index is 1.84. The summed E-state index contributed by atoms with van der Waals surface area (Å²) in [5, 5.41) is 1.77. The van der Waals surface area contributed by atoms with Gasteiger partial charge in [0.15, 0.2) is 0 Å². The van der Waals surface area contributed by atoms with Crippen molar-refractivity contribution < 1.29 is 13.2 Å². The highest BCUT2D eigenvalue weighted by molar-refractivity contribution is 7.91. The van der Waals surface area contributed by atoms with Gasteiger partial charge < -0.3 is 4.90 Å². The molecule has 2 aromatic heterocycles. The Labute approximate surface area is 149 Å². The maximum atomic E-state index is 13.1. The zero-order valence-corrected chi connectivity index (χ0v) is 15.7. The van der Waals surface area contributed by atoms with Crippen LogP contribution in [0.15, 0.2) is 33.4 Å². The minimum atomic E-state index is -3.54. The molecule has 24 heavy (non-hydrogen) atoms. The number of rotatable bonds is 5. The molecule has 1 amide bonds. The van der Waals surface area contributed by atoms with Crippen LogP contribution in [0.2, 0.25) is 0 Å². The average Bonchev–Trinajstić information content (AvgIpc) is 3.26. The molecule has 6 nitrogen and oxygen atoms in total. The second kappa shape index (κ2) is 7.30. The van der Waals surface area contributed by atoms with Crippen molar-refractivity contribution in [1.29, 1.82) is 0 Å². The number of piperidine rings is 1. The standard InChI is InChI=1S/C15H19N3O3S3/c1-12(19)17-6-4-13(5-7-17)18(10-14-9-16-11-23-14)24(20,21)15-3-2-8-22-15/h2-3,8-9,11,13H,4-7,10H2,1H3. The van der Waals surface area contributed by atoms with Crippen LogP contribution in [-0.4, -0.2) is 47.6 Å². The highest BCUT2D eigenvalue weighted by Gasteiger charge is 2.35. The van der Waals surface area contributed by atoms with Gasteiger partial charge in [-0.3, -0.25) is 9.78 Å². The fourth-order valence-electron chi connectivity index (χ4n) is 2.88. The summed E-state index contributed by atoms with van der Waals surface area (Å²) in [5.74, 6) is 0.0450. The Morgan fingerprint density at radius 1 is 1.38 bits per heavy atom. The Hall–Kier alpha value is -1.29. The highest BCUT2D eigenvalue weighted by atomic mass is 32.2. The van der Waals surface area contributed by atoms with Gasteiger partial charge in [-0.25, -0.2) is 8.42 Å². The number of nitrogens with zero attached hydrogens (tertiary/aromatic N) is 3. The van der Waals surface area contributed by atoms with Crippen molar-refractivity contribution in [2.75, 3.05) is 13.1 Å². The molecule has 0 aliphatic carbocycles. The van der Waals surface area contributed by atoms with Gasteiger partial charge in [-0.1, -0.05) is 6.07 Å².